The first-order chi connectivity index (χ1) is 16.3. The van der Waals surface area contributed by atoms with Crippen LogP contribution in [0.1, 0.15) is 38.4 Å². The van der Waals surface area contributed by atoms with Crippen molar-refractivity contribution in [3.05, 3.63) is 110 Å². The standard InChI is InChI=1S/C27H25Cl2N3O2/c1-17-12-24(29)10-11-25(17)34-16-21-7-4-8-22(13-21)27(33)30-26-18(2)31-32(19(26)3)15-20-6-5-9-23(28)14-20/h4-14H,15-16H2,1-3H3,(H,30,33). The number of anilines is 1. The second-order valence-corrected chi connectivity index (χ2v) is 9.06. The van der Waals surface area contributed by atoms with Crippen molar-refractivity contribution in [2.45, 2.75) is 33.9 Å². The van der Waals surface area contributed by atoms with Crippen LogP contribution in [-0.2, 0) is 13.2 Å². The van der Waals surface area contributed by atoms with E-state index in [1.54, 1.807) is 12.1 Å². The number of aromatic nitrogens is 2. The van der Waals surface area contributed by atoms with E-state index in [4.69, 9.17) is 27.9 Å². The lowest BCUT2D eigenvalue weighted by Gasteiger charge is -2.11. The third-order valence-corrected chi connectivity index (χ3v) is 6.03. The molecule has 0 aliphatic carbocycles. The fourth-order valence-electron chi connectivity index (χ4n) is 3.76. The number of aryl methyl sites for hydroxylation is 2. The Bertz CT molecular complexity index is 1350. The summed E-state index contributed by atoms with van der Waals surface area (Å²) in [6.45, 7) is 6.69. The van der Waals surface area contributed by atoms with Gasteiger partial charge in [-0.05, 0) is 79.9 Å². The second-order valence-electron chi connectivity index (χ2n) is 8.19. The molecule has 1 heterocycles. The van der Waals surface area contributed by atoms with E-state index in [0.29, 0.717) is 34.4 Å². The molecule has 0 aliphatic rings. The van der Waals surface area contributed by atoms with Gasteiger partial charge in [-0.15, -0.1) is 0 Å². The Morgan fingerprint density at radius 1 is 0.941 bits per heavy atom. The molecule has 0 aliphatic heterocycles. The van der Waals surface area contributed by atoms with Crippen molar-refractivity contribution in [2.75, 3.05) is 5.32 Å². The normalized spacial score (nSPS) is 10.9. The van der Waals surface area contributed by atoms with E-state index in [-0.39, 0.29) is 5.91 Å². The Kier molecular flexibility index (Phi) is 7.25. The minimum absolute atomic E-state index is 0.196. The van der Waals surface area contributed by atoms with Crippen molar-refractivity contribution in [3.63, 3.8) is 0 Å². The molecule has 34 heavy (non-hydrogen) atoms. The number of carbonyl (C=O) groups is 1. The van der Waals surface area contributed by atoms with Gasteiger partial charge in [-0.25, -0.2) is 0 Å². The maximum absolute atomic E-state index is 13.0. The van der Waals surface area contributed by atoms with Crippen LogP contribution >= 0.6 is 23.2 Å². The van der Waals surface area contributed by atoms with Crippen LogP contribution in [0.15, 0.2) is 66.7 Å². The van der Waals surface area contributed by atoms with Crippen molar-refractivity contribution in [3.8, 4) is 5.75 Å². The van der Waals surface area contributed by atoms with Gasteiger partial charge in [-0.1, -0.05) is 47.5 Å². The predicted octanol–water partition coefficient (Wildman–Crippen LogP) is 6.99. The van der Waals surface area contributed by atoms with E-state index in [2.05, 4.69) is 10.4 Å². The van der Waals surface area contributed by atoms with Gasteiger partial charge in [0.05, 0.1) is 23.6 Å². The molecule has 0 saturated carbocycles. The van der Waals surface area contributed by atoms with Crippen LogP contribution in [0.3, 0.4) is 0 Å². The summed E-state index contributed by atoms with van der Waals surface area (Å²) in [5.41, 5.74) is 5.80. The van der Waals surface area contributed by atoms with E-state index in [1.807, 2.05) is 80.1 Å². The fraction of sp³-hybridized carbons (Fsp3) is 0.185. The summed E-state index contributed by atoms with van der Waals surface area (Å²) in [5.74, 6) is 0.565. The zero-order valence-corrected chi connectivity index (χ0v) is 20.7. The van der Waals surface area contributed by atoms with Crippen LogP contribution in [0.2, 0.25) is 10.0 Å². The Balaban J connectivity index is 1.46. The van der Waals surface area contributed by atoms with E-state index >= 15 is 0 Å². The van der Waals surface area contributed by atoms with Crippen molar-refractivity contribution in [1.82, 2.24) is 9.78 Å². The topological polar surface area (TPSA) is 56.1 Å². The largest absolute Gasteiger partial charge is 0.489 e. The number of ether oxygens (including phenoxy) is 1. The summed E-state index contributed by atoms with van der Waals surface area (Å²) in [4.78, 5) is 13.0. The molecule has 0 radical (unpaired) electrons. The molecule has 7 heteroatoms. The zero-order valence-electron chi connectivity index (χ0n) is 19.2. The van der Waals surface area contributed by atoms with Gasteiger partial charge in [-0.2, -0.15) is 5.10 Å². The summed E-state index contributed by atoms with van der Waals surface area (Å²) in [7, 11) is 0. The molecule has 1 amide bonds. The highest BCUT2D eigenvalue weighted by molar-refractivity contribution is 6.30. The van der Waals surface area contributed by atoms with E-state index in [0.717, 1.165) is 33.8 Å². The Morgan fingerprint density at radius 2 is 1.68 bits per heavy atom. The van der Waals surface area contributed by atoms with Gasteiger partial charge in [-0.3, -0.25) is 9.48 Å². The van der Waals surface area contributed by atoms with Crippen LogP contribution in [0.25, 0.3) is 0 Å². The SMILES string of the molecule is Cc1cc(Cl)ccc1OCc1cccc(C(=O)Nc2c(C)nn(Cc3cccc(Cl)c3)c2C)c1. The number of nitrogens with one attached hydrogen (secondary N) is 1. The summed E-state index contributed by atoms with van der Waals surface area (Å²) in [6.07, 6.45) is 0. The van der Waals surface area contributed by atoms with Gasteiger partial charge in [0.2, 0.25) is 0 Å². The number of hydrogen-bond donors (Lipinski definition) is 1. The molecular formula is C27H25Cl2N3O2. The fourth-order valence-corrected chi connectivity index (χ4v) is 4.20. The van der Waals surface area contributed by atoms with Gasteiger partial charge < -0.3 is 10.1 Å². The molecule has 0 bridgehead atoms. The molecule has 0 unspecified atom stereocenters. The van der Waals surface area contributed by atoms with Crippen molar-refractivity contribution < 1.29 is 9.53 Å². The van der Waals surface area contributed by atoms with Gasteiger partial charge in [0.25, 0.3) is 5.91 Å². The Morgan fingerprint density at radius 3 is 2.44 bits per heavy atom. The number of amides is 1. The summed E-state index contributed by atoms with van der Waals surface area (Å²) in [5, 5.41) is 8.99. The first kappa shape index (κ1) is 23.9. The highest BCUT2D eigenvalue weighted by Gasteiger charge is 2.16. The number of rotatable bonds is 7. The number of carbonyl (C=O) groups excluding carboxylic acids is 1. The molecule has 4 rings (SSSR count). The molecule has 1 aromatic heterocycles. The minimum Gasteiger partial charge on any atom is -0.489 e. The van der Waals surface area contributed by atoms with E-state index < -0.39 is 0 Å². The van der Waals surface area contributed by atoms with Crippen LogP contribution < -0.4 is 10.1 Å². The predicted molar refractivity (Wildman–Crippen MR) is 137 cm³/mol. The second kappa shape index (κ2) is 10.3. The highest BCUT2D eigenvalue weighted by atomic mass is 35.5. The molecule has 0 atom stereocenters. The monoisotopic (exact) mass is 493 g/mol. The van der Waals surface area contributed by atoms with Gasteiger partial charge in [0.1, 0.15) is 12.4 Å². The quantitative estimate of drug-likeness (QED) is 0.301. The number of nitrogens with zero attached hydrogens (tertiary/aromatic N) is 2. The number of benzene rings is 3. The van der Waals surface area contributed by atoms with Crippen LogP contribution in [0.4, 0.5) is 5.69 Å². The molecule has 4 aromatic rings. The lowest BCUT2D eigenvalue weighted by Crippen LogP contribution is -2.14. The molecule has 0 spiro atoms. The van der Waals surface area contributed by atoms with Crippen LogP contribution in [0, 0.1) is 20.8 Å². The average Bonchev–Trinajstić information content (AvgIpc) is 3.06. The lowest BCUT2D eigenvalue weighted by atomic mass is 10.1. The van der Waals surface area contributed by atoms with E-state index in [1.165, 1.54) is 0 Å². The maximum Gasteiger partial charge on any atom is 0.255 e. The molecule has 0 saturated heterocycles. The maximum atomic E-state index is 13.0. The number of hydrogen-bond acceptors (Lipinski definition) is 3. The summed E-state index contributed by atoms with van der Waals surface area (Å²) >= 11 is 12.1. The zero-order chi connectivity index (χ0) is 24.2. The summed E-state index contributed by atoms with van der Waals surface area (Å²) in [6, 6.07) is 20.6. The van der Waals surface area contributed by atoms with Crippen molar-refractivity contribution in [2.24, 2.45) is 0 Å². The Labute approximate surface area is 209 Å². The van der Waals surface area contributed by atoms with Gasteiger partial charge >= 0.3 is 0 Å². The minimum atomic E-state index is -0.196. The van der Waals surface area contributed by atoms with Crippen LogP contribution in [-0.4, -0.2) is 15.7 Å². The molecule has 5 nitrogen and oxygen atoms in total. The summed E-state index contributed by atoms with van der Waals surface area (Å²) < 4.78 is 7.79. The molecular weight excluding hydrogens is 469 g/mol. The first-order valence-electron chi connectivity index (χ1n) is 10.9. The van der Waals surface area contributed by atoms with E-state index in [9.17, 15) is 4.79 Å². The first-order valence-corrected chi connectivity index (χ1v) is 11.6. The molecule has 174 valence electrons. The van der Waals surface area contributed by atoms with Crippen LogP contribution in [0.5, 0.6) is 5.75 Å². The third-order valence-electron chi connectivity index (χ3n) is 5.56. The molecule has 0 fully saturated rings. The average molecular weight is 494 g/mol. The van der Waals surface area contributed by atoms with Gasteiger partial charge in [0.15, 0.2) is 0 Å². The van der Waals surface area contributed by atoms with Crippen molar-refractivity contribution in [1.29, 1.82) is 0 Å². The molecule has 3 aromatic carbocycles. The lowest BCUT2D eigenvalue weighted by molar-refractivity contribution is 0.102. The van der Waals surface area contributed by atoms with Gasteiger partial charge in [0, 0.05) is 15.6 Å². The number of halogens is 2. The smallest absolute Gasteiger partial charge is 0.255 e. The highest BCUT2D eigenvalue weighted by Crippen LogP contribution is 2.24. The third kappa shape index (κ3) is 5.61. The Hall–Kier alpha value is -3.28. The molecule has 1 N–H and O–H groups in total. The van der Waals surface area contributed by atoms with Crippen molar-refractivity contribution >= 4 is 34.8 Å².